The molecule has 1 saturated carbocycles. The molecule has 1 atom stereocenters. The maximum absolute atomic E-state index is 11.6. The third-order valence-corrected chi connectivity index (χ3v) is 3.83. The van der Waals surface area contributed by atoms with E-state index in [9.17, 15) is 4.57 Å². The lowest BCUT2D eigenvalue weighted by atomic mass is 9.96. The highest BCUT2D eigenvalue weighted by Crippen LogP contribution is 2.27. The van der Waals surface area contributed by atoms with Gasteiger partial charge in [0.05, 0.1) is 12.6 Å². The van der Waals surface area contributed by atoms with Gasteiger partial charge in [0.1, 0.15) is 6.61 Å². The van der Waals surface area contributed by atoms with Gasteiger partial charge in [-0.2, -0.15) is 0 Å². The smallest absolute Gasteiger partial charge is 0.396 e. The fourth-order valence-corrected chi connectivity index (χ4v) is 2.79. The standard InChI is InChI=1S/C11H23NO3P/c1-11(2,8-13)9-15-16(14)12-10-6-4-3-5-7-10/h10,13H,3-9H2,1-2H3,(H,12,14)/q+1. The van der Waals surface area contributed by atoms with Crippen LogP contribution in [0.15, 0.2) is 0 Å². The van der Waals surface area contributed by atoms with E-state index in [1.807, 2.05) is 13.8 Å². The lowest BCUT2D eigenvalue weighted by Crippen LogP contribution is -2.27. The van der Waals surface area contributed by atoms with E-state index in [1.54, 1.807) is 0 Å². The zero-order valence-electron chi connectivity index (χ0n) is 10.2. The Labute approximate surface area is 98.7 Å². The zero-order valence-corrected chi connectivity index (χ0v) is 11.1. The first-order valence-electron chi connectivity index (χ1n) is 6.01. The molecule has 0 aromatic heterocycles. The summed E-state index contributed by atoms with van der Waals surface area (Å²) < 4.78 is 16.8. The maximum atomic E-state index is 11.6. The van der Waals surface area contributed by atoms with Gasteiger partial charge < -0.3 is 5.11 Å². The van der Waals surface area contributed by atoms with Crippen molar-refractivity contribution in [2.45, 2.75) is 52.0 Å². The second-order valence-electron chi connectivity index (χ2n) is 5.32. The summed E-state index contributed by atoms with van der Waals surface area (Å²) in [5.41, 5.74) is -0.320. The Kier molecular flexibility index (Phi) is 5.84. The van der Waals surface area contributed by atoms with Crippen LogP contribution in [-0.4, -0.2) is 24.4 Å². The number of hydrogen-bond donors (Lipinski definition) is 2. The molecule has 1 aliphatic carbocycles. The van der Waals surface area contributed by atoms with E-state index >= 15 is 0 Å². The van der Waals surface area contributed by atoms with Gasteiger partial charge in [0, 0.05) is 5.41 Å². The first kappa shape index (κ1) is 14.0. The SMILES string of the molecule is CC(C)(CO)CO[P+](=O)NC1CCCCC1. The highest BCUT2D eigenvalue weighted by molar-refractivity contribution is 7.36. The molecule has 4 nitrogen and oxygen atoms in total. The van der Waals surface area contributed by atoms with E-state index in [0.717, 1.165) is 12.8 Å². The molecule has 5 heteroatoms. The minimum absolute atomic E-state index is 0.0413. The molecule has 0 amide bonds. The molecular weight excluding hydrogens is 225 g/mol. The van der Waals surface area contributed by atoms with Gasteiger partial charge in [-0.3, -0.25) is 0 Å². The van der Waals surface area contributed by atoms with E-state index in [1.165, 1.54) is 19.3 Å². The second-order valence-corrected chi connectivity index (χ2v) is 6.35. The average Bonchev–Trinajstić information content (AvgIpc) is 2.28. The molecule has 0 saturated heterocycles. The van der Waals surface area contributed by atoms with Crippen LogP contribution < -0.4 is 5.09 Å². The molecule has 0 aromatic carbocycles. The summed E-state index contributed by atoms with van der Waals surface area (Å²) in [4.78, 5) is 0. The number of aliphatic hydroxyl groups is 1. The predicted octanol–water partition coefficient (Wildman–Crippen LogP) is 2.60. The van der Waals surface area contributed by atoms with E-state index in [-0.39, 0.29) is 12.0 Å². The molecule has 0 aromatic rings. The second kappa shape index (κ2) is 6.65. The number of rotatable bonds is 6. The maximum Gasteiger partial charge on any atom is 0.613 e. The van der Waals surface area contributed by atoms with Crippen molar-refractivity contribution in [3.63, 3.8) is 0 Å². The average molecular weight is 248 g/mol. The van der Waals surface area contributed by atoms with E-state index in [2.05, 4.69) is 5.09 Å². The molecule has 1 unspecified atom stereocenters. The van der Waals surface area contributed by atoms with Gasteiger partial charge in [-0.15, -0.1) is 4.52 Å². The minimum Gasteiger partial charge on any atom is -0.396 e. The van der Waals surface area contributed by atoms with Crippen LogP contribution in [0.3, 0.4) is 0 Å². The fraction of sp³-hybridized carbons (Fsp3) is 1.00. The van der Waals surface area contributed by atoms with E-state index in [0.29, 0.717) is 12.6 Å². The van der Waals surface area contributed by atoms with Crippen LogP contribution in [0, 0.1) is 5.41 Å². The van der Waals surface area contributed by atoms with Crippen molar-refractivity contribution < 1.29 is 14.2 Å². The predicted molar refractivity (Wildman–Crippen MR) is 64.4 cm³/mol. The summed E-state index contributed by atoms with van der Waals surface area (Å²) in [6, 6.07) is 0.342. The zero-order chi connectivity index (χ0) is 12.0. The normalized spacial score (nSPS) is 19.8. The number of hydrogen-bond acceptors (Lipinski definition) is 3. The van der Waals surface area contributed by atoms with Gasteiger partial charge in [0.15, 0.2) is 0 Å². The first-order valence-corrected chi connectivity index (χ1v) is 7.18. The Morgan fingerprint density at radius 3 is 2.56 bits per heavy atom. The monoisotopic (exact) mass is 248 g/mol. The Morgan fingerprint density at radius 2 is 2.00 bits per heavy atom. The van der Waals surface area contributed by atoms with E-state index < -0.39 is 8.18 Å². The molecule has 0 spiro atoms. The molecule has 1 rings (SSSR count). The Balaban J connectivity index is 2.19. The van der Waals surface area contributed by atoms with Gasteiger partial charge in [-0.05, 0) is 17.4 Å². The molecule has 16 heavy (non-hydrogen) atoms. The van der Waals surface area contributed by atoms with Crippen molar-refractivity contribution in [2.24, 2.45) is 5.41 Å². The molecule has 0 heterocycles. The van der Waals surface area contributed by atoms with Crippen LogP contribution in [0.25, 0.3) is 0 Å². The highest BCUT2D eigenvalue weighted by atomic mass is 31.1. The van der Waals surface area contributed by atoms with Crippen molar-refractivity contribution in [3.8, 4) is 0 Å². The lowest BCUT2D eigenvalue weighted by molar-refractivity contribution is 0.100. The Bertz CT molecular complexity index is 227. The molecule has 1 fully saturated rings. The van der Waals surface area contributed by atoms with Crippen LogP contribution in [-0.2, 0) is 9.09 Å². The molecule has 2 N–H and O–H groups in total. The number of nitrogens with one attached hydrogen (secondary N) is 1. The van der Waals surface area contributed by atoms with Gasteiger partial charge in [0.25, 0.3) is 0 Å². The Morgan fingerprint density at radius 1 is 1.38 bits per heavy atom. The minimum atomic E-state index is -1.78. The first-order chi connectivity index (χ1) is 7.53. The third-order valence-electron chi connectivity index (χ3n) is 2.89. The van der Waals surface area contributed by atoms with Gasteiger partial charge in [0.2, 0.25) is 0 Å². The van der Waals surface area contributed by atoms with Crippen LogP contribution in [0.5, 0.6) is 0 Å². The quantitative estimate of drug-likeness (QED) is 0.709. The summed E-state index contributed by atoms with van der Waals surface area (Å²) >= 11 is 0. The van der Waals surface area contributed by atoms with Crippen molar-refractivity contribution in [1.82, 2.24) is 5.09 Å². The Hall–Kier alpha value is -0.0200. The molecule has 94 valence electrons. The molecule has 0 aliphatic heterocycles. The summed E-state index contributed by atoms with van der Waals surface area (Å²) in [5, 5.41) is 12.1. The summed E-state index contributed by atoms with van der Waals surface area (Å²) in [6.07, 6.45) is 5.89. The molecular formula is C11H23NO3P+. The lowest BCUT2D eigenvalue weighted by Gasteiger charge is -2.19. The van der Waals surface area contributed by atoms with Crippen LogP contribution in [0.1, 0.15) is 46.0 Å². The van der Waals surface area contributed by atoms with Crippen LogP contribution in [0.2, 0.25) is 0 Å². The van der Waals surface area contributed by atoms with Crippen LogP contribution in [0.4, 0.5) is 0 Å². The topological polar surface area (TPSA) is 58.6 Å². The van der Waals surface area contributed by atoms with Crippen molar-refractivity contribution in [2.75, 3.05) is 13.2 Å². The molecule has 0 bridgehead atoms. The summed E-state index contributed by atoms with van der Waals surface area (Å²) in [5.74, 6) is 0. The summed E-state index contributed by atoms with van der Waals surface area (Å²) in [6.45, 7) is 4.13. The molecule has 1 aliphatic rings. The van der Waals surface area contributed by atoms with Crippen molar-refractivity contribution in [3.05, 3.63) is 0 Å². The van der Waals surface area contributed by atoms with Gasteiger partial charge in [-0.25, -0.2) is 0 Å². The van der Waals surface area contributed by atoms with E-state index in [4.69, 9.17) is 9.63 Å². The van der Waals surface area contributed by atoms with Crippen molar-refractivity contribution in [1.29, 1.82) is 0 Å². The number of aliphatic hydroxyl groups excluding tert-OH is 1. The third kappa shape index (κ3) is 5.35. The fourth-order valence-electron chi connectivity index (χ4n) is 1.70. The largest absolute Gasteiger partial charge is 0.613 e. The van der Waals surface area contributed by atoms with Gasteiger partial charge in [-0.1, -0.05) is 38.2 Å². The van der Waals surface area contributed by atoms with Crippen LogP contribution >= 0.6 is 8.18 Å². The highest BCUT2D eigenvalue weighted by Gasteiger charge is 2.29. The molecule has 0 radical (unpaired) electrons. The van der Waals surface area contributed by atoms with Gasteiger partial charge >= 0.3 is 8.18 Å². The summed E-state index contributed by atoms with van der Waals surface area (Å²) in [7, 11) is -1.78. The van der Waals surface area contributed by atoms with Crippen molar-refractivity contribution >= 4 is 8.18 Å².